The topological polar surface area (TPSA) is 59.0 Å². The van der Waals surface area contributed by atoms with Crippen LogP contribution in [0.4, 0.5) is 13.2 Å². The first-order valence-electron chi connectivity index (χ1n) is 6.45. The van der Waals surface area contributed by atoms with Gasteiger partial charge in [-0.25, -0.2) is 4.98 Å². The Balaban J connectivity index is 2.30. The van der Waals surface area contributed by atoms with E-state index in [0.29, 0.717) is 0 Å². The number of carbonyl (C=O) groups excluding carboxylic acids is 1. The van der Waals surface area contributed by atoms with Crippen molar-refractivity contribution in [2.45, 2.75) is 32.5 Å². The molecule has 20 heavy (non-hydrogen) atoms. The quantitative estimate of drug-likeness (QED) is 0.706. The minimum Gasteiger partial charge on any atom is -0.345 e. The van der Waals surface area contributed by atoms with Gasteiger partial charge in [0.2, 0.25) is 5.91 Å². The van der Waals surface area contributed by atoms with Crippen LogP contribution in [0.3, 0.4) is 0 Å². The molecule has 1 rings (SSSR count). The standard InChI is InChI=1S/C12H19F3N4O/c1-2-4-16-5-3-10-6-19(9-18-10)7-11(20)17-8-12(13,14)15/h6,9,16H,2-5,7-8H2,1H3,(H,17,20). The molecule has 0 fully saturated rings. The molecule has 0 unspecified atom stereocenters. The van der Waals surface area contributed by atoms with Crippen molar-refractivity contribution in [3.05, 3.63) is 18.2 Å². The van der Waals surface area contributed by atoms with E-state index >= 15 is 0 Å². The summed E-state index contributed by atoms with van der Waals surface area (Å²) in [5.74, 6) is -0.685. The van der Waals surface area contributed by atoms with Crippen LogP contribution in [0.5, 0.6) is 0 Å². The highest BCUT2D eigenvalue weighted by Gasteiger charge is 2.27. The van der Waals surface area contributed by atoms with Gasteiger partial charge in [0.25, 0.3) is 0 Å². The van der Waals surface area contributed by atoms with E-state index in [1.165, 1.54) is 10.9 Å². The van der Waals surface area contributed by atoms with Crippen LogP contribution in [0.25, 0.3) is 0 Å². The molecule has 1 heterocycles. The molecule has 114 valence electrons. The van der Waals surface area contributed by atoms with Crippen LogP contribution in [0, 0.1) is 0 Å². The zero-order valence-electron chi connectivity index (χ0n) is 11.3. The maximum absolute atomic E-state index is 11.9. The van der Waals surface area contributed by atoms with Gasteiger partial charge in [0.1, 0.15) is 13.1 Å². The van der Waals surface area contributed by atoms with E-state index in [-0.39, 0.29) is 6.54 Å². The highest BCUT2D eigenvalue weighted by Crippen LogP contribution is 2.12. The van der Waals surface area contributed by atoms with Gasteiger partial charge in [-0.2, -0.15) is 13.2 Å². The fraction of sp³-hybridized carbons (Fsp3) is 0.667. The maximum atomic E-state index is 11.9. The lowest BCUT2D eigenvalue weighted by Crippen LogP contribution is -2.35. The Morgan fingerprint density at radius 3 is 2.80 bits per heavy atom. The Morgan fingerprint density at radius 1 is 1.40 bits per heavy atom. The minimum absolute atomic E-state index is 0.161. The van der Waals surface area contributed by atoms with Gasteiger partial charge >= 0.3 is 6.18 Å². The lowest BCUT2D eigenvalue weighted by Gasteiger charge is -2.08. The minimum atomic E-state index is -4.39. The molecule has 2 N–H and O–H groups in total. The van der Waals surface area contributed by atoms with Crippen molar-refractivity contribution in [2.75, 3.05) is 19.6 Å². The van der Waals surface area contributed by atoms with Crippen LogP contribution < -0.4 is 10.6 Å². The molecule has 1 aromatic rings. The van der Waals surface area contributed by atoms with Crippen molar-refractivity contribution in [1.29, 1.82) is 0 Å². The number of nitrogens with zero attached hydrogens (tertiary/aromatic N) is 2. The zero-order valence-corrected chi connectivity index (χ0v) is 11.3. The van der Waals surface area contributed by atoms with Crippen LogP contribution in [0.2, 0.25) is 0 Å². The summed E-state index contributed by atoms with van der Waals surface area (Å²) >= 11 is 0. The second-order valence-electron chi connectivity index (χ2n) is 4.43. The Labute approximate surface area is 115 Å². The van der Waals surface area contributed by atoms with Crippen LogP contribution >= 0.6 is 0 Å². The van der Waals surface area contributed by atoms with Gasteiger partial charge in [-0.1, -0.05) is 6.92 Å². The molecule has 0 aromatic carbocycles. The van der Waals surface area contributed by atoms with Crippen molar-refractivity contribution in [1.82, 2.24) is 20.2 Å². The molecule has 0 aliphatic heterocycles. The number of amides is 1. The first-order valence-corrected chi connectivity index (χ1v) is 6.45. The molecule has 0 radical (unpaired) electrons. The number of hydrogen-bond donors (Lipinski definition) is 2. The lowest BCUT2D eigenvalue weighted by atomic mass is 10.3. The third-order valence-corrected chi connectivity index (χ3v) is 2.48. The Bertz CT molecular complexity index is 417. The van der Waals surface area contributed by atoms with E-state index < -0.39 is 18.6 Å². The number of imidazole rings is 1. The molecular weight excluding hydrogens is 273 g/mol. The summed E-state index contributed by atoms with van der Waals surface area (Å²) in [5.41, 5.74) is 0.803. The number of hydrogen-bond acceptors (Lipinski definition) is 3. The van der Waals surface area contributed by atoms with Crippen molar-refractivity contribution in [3.63, 3.8) is 0 Å². The second kappa shape index (κ2) is 7.88. The smallest absolute Gasteiger partial charge is 0.345 e. The summed E-state index contributed by atoms with van der Waals surface area (Å²) in [6, 6.07) is 0. The zero-order chi connectivity index (χ0) is 15.0. The van der Waals surface area contributed by atoms with Crippen molar-refractivity contribution in [3.8, 4) is 0 Å². The number of alkyl halides is 3. The SMILES string of the molecule is CCCNCCc1cn(CC(=O)NCC(F)(F)F)cn1. The Kier molecular flexibility index (Phi) is 6.50. The normalized spacial score (nSPS) is 11.6. The molecule has 8 heteroatoms. The molecule has 0 bridgehead atoms. The van der Waals surface area contributed by atoms with Gasteiger partial charge in [0, 0.05) is 19.2 Å². The summed E-state index contributed by atoms with van der Waals surface area (Å²) in [5, 5.41) is 5.03. The van der Waals surface area contributed by atoms with Gasteiger partial charge in [0.05, 0.1) is 12.0 Å². The summed E-state index contributed by atoms with van der Waals surface area (Å²) in [4.78, 5) is 15.4. The summed E-state index contributed by atoms with van der Waals surface area (Å²) in [6.07, 6.45) is 0.495. The molecule has 5 nitrogen and oxygen atoms in total. The number of carbonyl (C=O) groups is 1. The summed E-state index contributed by atoms with van der Waals surface area (Å²) in [7, 11) is 0. The second-order valence-corrected chi connectivity index (χ2v) is 4.43. The molecular formula is C12H19F3N4O. The van der Waals surface area contributed by atoms with Crippen molar-refractivity contribution >= 4 is 5.91 Å². The van der Waals surface area contributed by atoms with Crippen LogP contribution in [-0.4, -0.2) is 41.3 Å². The largest absolute Gasteiger partial charge is 0.405 e. The average molecular weight is 292 g/mol. The first kappa shape index (κ1) is 16.5. The first-order chi connectivity index (χ1) is 9.40. The Hall–Kier alpha value is -1.57. The molecule has 1 aromatic heterocycles. The van der Waals surface area contributed by atoms with E-state index in [2.05, 4.69) is 17.2 Å². The monoisotopic (exact) mass is 292 g/mol. The van der Waals surface area contributed by atoms with Crippen molar-refractivity contribution < 1.29 is 18.0 Å². The fourth-order valence-corrected chi connectivity index (χ4v) is 1.56. The predicted octanol–water partition coefficient (Wildman–Crippen LogP) is 1.10. The summed E-state index contributed by atoms with van der Waals surface area (Å²) in [6.45, 7) is 2.31. The molecule has 0 spiro atoms. The third kappa shape index (κ3) is 7.13. The van der Waals surface area contributed by atoms with Gasteiger partial charge in [0.15, 0.2) is 0 Å². The molecule has 0 saturated carbocycles. The molecule has 0 saturated heterocycles. The van der Waals surface area contributed by atoms with Gasteiger partial charge in [-0.3, -0.25) is 4.79 Å². The average Bonchev–Trinajstić information content (AvgIpc) is 2.79. The van der Waals surface area contributed by atoms with E-state index in [4.69, 9.17) is 0 Å². The van der Waals surface area contributed by atoms with Gasteiger partial charge < -0.3 is 15.2 Å². The van der Waals surface area contributed by atoms with Crippen LogP contribution in [0.1, 0.15) is 19.0 Å². The van der Waals surface area contributed by atoms with E-state index in [1.807, 2.05) is 5.32 Å². The number of nitrogens with one attached hydrogen (secondary N) is 2. The third-order valence-electron chi connectivity index (χ3n) is 2.48. The van der Waals surface area contributed by atoms with Crippen LogP contribution in [0.15, 0.2) is 12.5 Å². The molecule has 0 aliphatic carbocycles. The molecule has 0 aliphatic rings. The highest BCUT2D eigenvalue weighted by atomic mass is 19.4. The van der Waals surface area contributed by atoms with Gasteiger partial charge in [-0.15, -0.1) is 0 Å². The fourth-order valence-electron chi connectivity index (χ4n) is 1.56. The van der Waals surface area contributed by atoms with E-state index in [1.54, 1.807) is 6.20 Å². The van der Waals surface area contributed by atoms with Crippen LogP contribution in [-0.2, 0) is 17.8 Å². The number of halogens is 3. The van der Waals surface area contributed by atoms with Gasteiger partial charge in [-0.05, 0) is 13.0 Å². The van der Waals surface area contributed by atoms with Crippen molar-refractivity contribution in [2.24, 2.45) is 0 Å². The predicted molar refractivity (Wildman–Crippen MR) is 68.2 cm³/mol. The number of rotatable bonds is 8. The molecule has 0 atom stereocenters. The number of aromatic nitrogens is 2. The highest BCUT2D eigenvalue weighted by molar-refractivity contribution is 5.75. The van der Waals surface area contributed by atoms with E-state index in [0.717, 1.165) is 31.6 Å². The summed E-state index contributed by atoms with van der Waals surface area (Å²) < 4.78 is 37.2. The Morgan fingerprint density at radius 2 is 2.15 bits per heavy atom. The molecule has 1 amide bonds. The lowest BCUT2D eigenvalue weighted by molar-refractivity contribution is -0.138. The maximum Gasteiger partial charge on any atom is 0.405 e. The van der Waals surface area contributed by atoms with E-state index in [9.17, 15) is 18.0 Å².